The monoisotopic (exact) mass is 498 g/mol. The van der Waals surface area contributed by atoms with Crippen LogP contribution in [0.3, 0.4) is 0 Å². The second-order valence-electron chi connectivity index (χ2n) is 7.27. The van der Waals surface area contributed by atoms with E-state index in [4.69, 9.17) is 21.1 Å². The van der Waals surface area contributed by atoms with Crippen molar-refractivity contribution >= 4 is 40.9 Å². The number of amides is 2. The van der Waals surface area contributed by atoms with Crippen molar-refractivity contribution in [3.63, 3.8) is 0 Å². The van der Waals surface area contributed by atoms with E-state index in [1.165, 1.54) is 24.3 Å². The maximum absolute atomic E-state index is 12.9. The minimum atomic E-state index is -2.69. The summed E-state index contributed by atoms with van der Waals surface area (Å²) >= 11 is 6.30. The van der Waals surface area contributed by atoms with E-state index in [0.717, 1.165) is 32.4 Å². The van der Waals surface area contributed by atoms with Gasteiger partial charge in [-0.05, 0) is 56.5 Å². The summed E-state index contributed by atoms with van der Waals surface area (Å²) in [5.41, 5.74) is 0.421. The molecule has 0 bridgehead atoms. The van der Waals surface area contributed by atoms with E-state index < -0.39 is 11.7 Å². The number of rotatable bonds is 9. The lowest BCUT2D eigenvalue weighted by atomic mass is 10.1. The zero-order valence-electron chi connectivity index (χ0n) is 18.1. The van der Waals surface area contributed by atoms with Crippen molar-refractivity contribution in [3.05, 3.63) is 47.0 Å². The van der Waals surface area contributed by atoms with Crippen molar-refractivity contribution in [1.82, 2.24) is 4.90 Å². The average Bonchev–Trinajstić information content (AvgIpc) is 2.80. The third kappa shape index (κ3) is 6.98. The van der Waals surface area contributed by atoms with E-state index in [2.05, 4.69) is 5.32 Å². The average molecular weight is 499 g/mol. The Kier molecular flexibility index (Phi) is 9.20. The molecule has 1 aliphatic rings. The number of benzene rings is 2. The fraction of sp³-hybridized carbons (Fsp3) is 0.391. The number of ether oxygens (including phenoxy) is 2. The molecule has 3 rings (SSSR count). The molecule has 0 spiro atoms. The SMILES string of the molecule is CCOc1cc(C(=O)Nc2cccc(Cl)c2SC(F)F)ccc1OCC(=O)N1CCCCC1. The van der Waals surface area contributed by atoms with Crippen molar-refractivity contribution in [3.8, 4) is 11.5 Å². The third-order valence-electron chi connectivity index (χ3n) is 4.99. The maximum atomic E-state index is 12.9. The summed E-state index contributed by atoms with van der Waals surface area (Å²) in [6.07, 6.45) is 3.11. The lowest BCUT2D eigenvalue weighted by molar-refractivity contribution is -0.134. The van der Waals surface area contributed by atoms with Gasteiger partial charge >= 0.3 is 0 Å². The predicted molar refractivity (Wildman–Crippen MR) is 125 cm³/mol. The van der Waals surface area contributed by atoms with Crippen LogP contribution >= 0.6 is 23.4 Å². The van der Waals surface area contributed by atoms with E-state index >= 15 is 0 Å². The molecule has 1 saturated heterocycles. The van der Waals surface area contributed by atoms with E-state index in [9.17, 15) is 18.4 Å². The summed E-state index contributed by atoms with van der Waals surface area (Å²) in [6.45, 7) is 3.45. The van der Waals surface area contributed by atoms with Crippen LogP contribution in [-0.4, -0.2) is 48.8 Å². The summed E-state index contributed by atoms with van der Waals surface area (Å²) < 4.78 is 37.1. The second-order valence-corrected chi connectivity index (χ2v) is 8.68. The standard InChI is InChI=1S/C23H25ClF2N2O4S/c1-2-31-19-13-15(9-10-18(19)32-14-20(29)28-11-4-3-5-12-28)22(30)27-17-8-6-7-16(24)21(17)33-23(25)26/h6-10,13,23H,2-5,11-12,14H2,1H3,(H,27,30). The highest BCUT2D eigenvalue weighted by Crippen LogP contribution is 2.38. The molecule has 2 aromatic rings. The molecule has 10 heteroatoms. The molecular weight excluding hydrogens is 474 g/mol. The van der Waals surface area contributed by atoms with Gasteiger partial charge in [0.05, 0.1) is 22.2 Å². The number of halogens is 3. The summed E-state index contributed by atoms with van der Waals surface area (Å²) in [6, 6.07) is 9.10. The number of hydrogen-bond acceptors (Lipinski definition) is 5. The van der Waals surface area contributed by atoms with Gasteiger partial charge in [0.2, 0.25) is 0 Å². The van der Waals surface area contributed by atoms with Gasteiger partial charge in [0.15, 0.2) is 18.1 Å². The Morgan fingerprint density at radius 1 is 1.12 bits per heavy atom. The van der Waals surface area contributed by atoms with E-state index in [1.54, 1.807) is 24.0 Å². The number of piperidine rings is 1. The summed E-state index contributed by atoms with van der Waals surface area (Å²) in [5, 5.41) is 2.74. The summed E-state index contributed by atoms with van der Waals surface area (Å²) in [5.74, 6) is -2.65. The van der Waals surface area contributed by atoms with Crippen molar-refractivity contribution in [2.45, 2.75) is 36.8 Å². The summed E-state index contributed by atoms with van der Waals surface area (Å²) in [4.78, 5) is 27.1. The van der Waals surface area contributed by atoms with Crippen LogP contribution in [0.2, 0.25) is 5.02 Å². The van der Waals surface area contributed by atoms with Crippen LogP contribution in [-0.2, 0) is 4.79 Å². The molecule has 2 aromatic carbocycles. The van der Waals surface area contributed by atoms with Crippen LogP contribution in [0.25, 0.3) is 0 Å². The fourth-order valence-electron chi connectivity index (χ4n) is 3.42. The van der Waals surface area contributed by atoms with Gasteiger partial charge in [0, 0.05) is 18.7 Å². The number of anilines is 1. The molecule has 0 aliphatic carbocycles. The van der Waals surface area contributed by atoms with Crippen LogP contribution in [0, 0.1) is 0 Å². The number of nitrogens with one attached hydrogen (secondary N) is 1. The molecule has 33 heavy (non-hydrogen) atoms. The largest absolute Gasteiger partial charge is 0.490 e. The smallest absolute Gasteiger partial charge is 0.289 e. The highest BCUT2D eigenvalue weighted by molar-refractivity contribution is 7.99. The zero-order chi connectivity index (χ0) is 23.8. The normalized spacial score (nSPS) is 13.7. The molecule has 0 aromatic heterocycles. The lowest BCUT2D eigenvalue weighted by Crippen LogP contribution is -2.38. The molecule has 1 aliphatic heterocycles. The number of carbonyl (C=O) groups is 2. The fourth-order valence-corrected chi connectivity index (χ4v) is 4.33. The number of hydrogen-bond donors (Lipinski definition) is 1. The topological polar surface area (TPSA) is 67.9 Å². The molecule has 0 saturated carbocycles. The van der Waals surface area contributed by atoms with Gasteiger partial charge in [-0.15, -0.1) is 0 Å². The molecule has 2 amide bonds. The van der Waals surface area contributed by atoms with Crippen LogP contribution in [0.1, 0.15) is 36.5 Å². The Bertz CT molecular complexity index is 987. The molecular formula is C23H25ClF2N2O4S. The highest BCUT2D eigenvalue weighted by atomic mass is 35.5. The van der Waals surface area contributed by atoms with E-state index in [1.807, 2.05) is 0 Å². The molecule has 1 heterocycles. The van der Waals surface area contributed by atoms with Gasteiger partial charge < -0.3 is 19.7 Å². The van der Waals surface area contributed by atoms with Gasteiger partial charge in [0.1, 0.15) is 0 Å². The van der Waals surface area contributed by atoms with Crippen LogP contribution in [0.4, 0.5) is 14.5 Å². The van der Waals surface area contributed by atoms with Gasteiger partial charge in [0.25, 0.3) is 17.6 Å². The highest BCUT2D eigenvalue weighted by Gasteiger charge is 2.20. The molecule has 1 fully saturated rings. The Hall–Kier alpha value is -2.52. The molecule has 1 N–H and O–H groups in total. The molecule has 178 valence electrons. The molecule has 0 unspecified atom stereocenters. The van der Waals surface area contributed by atoms with Gasteiger partial charge in [-0.2, -0.15) is 8.78 Å². The molecule has 0 radical (unpaired) electrons. The first kappa shape index (κ1) is 25.1. The van der Waals surface area contributed by atoms with Crippen LogP contribution in [0.15, 0.2) is 41.3 Å². The van der Waals surface area contributed by atoms with Crippen LogP contribution < -0.4 is 14.8 Å². The molecule has 0 atom stereocenters. The van der Waals surface area contributed by atoms with Crippen molar-refractivity contribution in [2.24, 2.45) is 0 Å². The van der Waals surface area contributed by atoms with E-state index in [0.29, 0.717) is 18.1 Å². The maximum Gasteiger partial charge on any atom is 0.289 e. The Balaban J connectivity index is 1.72. The Morgan fingerprint density at radius 2 is 1.88 bits per heavy atom. The second kappa shape index (κ2) is 12.1. The minimum absolute atomic E-state index is 0.0868. The van der Waals surface area contributed by atoms with Crippen molar-refractivity contribution in [2.75, 3.05) is 31.6 Å². The van der Waals surface area contributed by atoms with Crippen LogP contribution in [0.5, 0.6) is 11.5 Å². The lowest BCUT2D eigenvalue weighted by Gasteiger charge is -2.26. The van der Waals surface area contributed by atoms with Crippen molar-refractivity contribution < 1.29 is 27.8 Å². The zero-order valence-corrected chi connectivity index (χ0v) is 19.7. The number of likely N-dealkylation sites (tertiary alicyclic amines) is 1. The van der Waals surface area contributed by atoms with E-state index in [-0.39, 0.29) is 45.4 Å². The quantitative estimate of drug-likeness (QED) is 0.449. The van der Waals surface area contributed by atoms with Gasteiger partial charge in [-0.3, -0.25) is 9.59 Å². The first-order valence-electron chi connectivity index (χ1n) is 10.6. The first-order chi connectivity index (χ1) is 15.9. The predicted octanol–water partition coefficient (Wildman–Crippen LogP) is 5.70. The summed E-state index contributed by atoms with van der Waals surface area (Å²) in [7, 11) is 0. The Labute approximate surface area is 200 Å². The first-order valence-corrected chi connectivity index (χ1v) is 11.9. The number of nitrogens with zero attached hydrogens (tertiary/aromatic N) is 1. The van der Waals surface area contributed by atoms with Gasteiger partial charge in [-0.1, -0.05) is 29.4 Å². The number of thioether (sulfide) groups is 1. The number of carbonyl (C=O) groups excluding carboxylic acids is 2. The van der Waals surface area contributed by atoms with Crippen molar-refractivity contribution in [1.29, 1.82) is 0 Å². The minimum Gasteiger partial charge on any atom is -0.490 e. The van der Waals surface area contributed by atoms with Gasteiger partial charge in [-0.25, -0.2) is 0 Å². The molecule has 6 nitrogen and oxygen atoms in total. The Morgan fingerprint density at radius 3 is 2.58 bits per heavy atom. The number of alkyl halides is 2. The third-order valence-corrected chi connectivity index (χ3v) is 6.27.